The molecule has 2 aromatic carbocycles. The van der Waals surface area contributed by atoms with Crippen molar-refractivity contribution in [3.05, 3.63) is 71.8 Å². The molecule has 1 atom stereocenters. The Morgan fingerprint density at radius 1 is 0.865 bits per heavy atom. The fourth-order valence-corrected chi connectivity index (χ4v) is 3.93. The molecular weight excluding hydrogens is 476 g/mol. The maximum atomic E-state index is 12.2. The third-order valence-electron chi connectivity index (χ3n) is 5.97. The Balaban J connectivity index is 1.65. The monoisotopic (exact) mass is 508 g/mol. The highest BCUT2D eigenvalue weighted by Crippen LogP contribution is 2.50. The number of benzene rings is 2. The number of rotatable bonds is 11. The molecule has 1 aliphatic carbocycles. The van der Waals surface area contributed by atoms with Gasteiger partial charge in [0.1, 0.15) is 18.1 Å². The molecule has 0 heterocycles. The van der Waals surface area contributed by atoms with Gasteiger partial charge in [0.25, 0.3) is 0 Å². The van der Waals surface area contributed by atoms with Crippen LogP contribution in [0.25, 0.3) is 11.1 Å². The molecule has 2 aromatic rings. The Kier molecular flexibility index (Phi) is 8.68. The topological polar surface area (TPSA) is 108 Å². The van der Waals surface area contributed by atoms with Gasteiger partial charge in [-0.15, -0.1) is 0 Å². The fraction of sp³-hybridized carbons (Fsp3) is 0.345. The molecule has 8 nitrogen and oxygen atoms in total. The number of hydrogen-bond acceptors (Lipinski definition) is 8. The van der Waals surface area contributed by atoms with E-state index in [9.17, 15) is 19.5 Å². The average Bonchev–Trinajstić information content (AvgIpc) is 3.04. The van der Waals surface area contributed by atoms with Crippen LogP contribution in [-0.4, -0.2) is 42.5 Å². The lowest BCUT2D eigenvalue weighted by Gasteiger charge is -2.22. The molecule has 8 heteroatoms. The molecule has 0 spiro atoms. The van der Waals surface area contributed by atoms with Crippen molar-refractivity contribution in [1.29, 1.82) is 0 Å². The summed E-state index contributed by atoms with van der Waals surface area (Å²) in [5.74, 6) is -0.757. The van der Waals surface area contributed by atoms with Crippen LogP contribution in [0.15, 0.2) is 60.7 Å². The molecule has 0 radical (unpaired) electrons. The van der Waals surface area contributed by atoms with E-state index in [0.29, 0.717) is 17.1 Å². The van der Waals surface area contributed by atoms with Crippen LogP contribution in [0.2, 0.25) is 0 Å². The van der Waals surface area contributed by atoms with Crippen molar-refractivity contribution in [2.24, 2.45) is 0 Å². The van der Waals surface area contributed by atoms with Gasteiger partial charge in [0, 0.05) is 11.0 Å². The van der Waals surface area contributed by atoms with Crippen LogP contribution in [0.5, 0.6) is 11.5 Å². The molecule has 1 aliphatic rings. The first-order valence-corrected chi connectivity index (χ1v) is 11.9. The van der Waals surface area contributed by atoms with E-state index in [0.717, 1.165) is 22.3 Å². The first kappa shape index (κ1) is 27.8. The molecule has 37 heavy (non-hydrogen) atoms. The van der Waals surface area contributed by atoms with E-state index in [-0.39, 0.29) is 31.6 Å². The van der Waals surface area contributed by atoms with E-state index in [1.165, 1.54) is 6.92 Å². The SMILES string of the molecule is C=C(C)C(=O)OCCC(=O)Oc1ccc2c(c1)C(C)(C)c1cc(OC(=O)CCOC(O)C(=C)C)ccc1-2. The number of ether oxygens (including phenoxy) is 4. The lowest BCUT2D eigenvalue weighted by molar-refractivity contribution is -0.142. The lowest BCUT2D eigenvalue weighted by Crippen LogP contribution is -2.18. The summed E-state index contributed by atoms with van der Waals surface area (Å²) < 4.78 is 21.0. The number of aliphatic hydroxyl groups excluding tert-OH is 1. The molecule has 0 saturated heterocycles. The van der Waals surface area contributed by atoms with E-state index in [1.54, 1.807) is 19.1 Å². The zero-order valence-electron chi connectivity index (χ0n) is 21.6. The van der Waals surface area contributed by atoms with Crippen LogP contribution >= 0.6 is 0 Å². The van der Waals surface area contributed by atoms with Gasteiger partial charge in [-0.25, -0.2) is 4.79 Å². The quantitative estimate of drug-likeness (QED) is 0.154. The summed E-state index contributed by atoms with van der Waals surface area (Å²) in [6.07, 6.45) is -1.21. The van der Waals surface area contributed by atoms with Gasteiger partial charge in [0.2, 0.25) is 0 Å². The zero-order valence-corrected chi connectivity index (χ0v) is 21.6. The van der Waals surface area contributed by atoms with E-state index in [4.69, 9.17) is 18.9 Å². The molecule has 0 aliphatic heterocycles. The molecular formula is C29H32O8. The molecule has 1 N–H and O–H groups in total. The largest absolute Gasteiger partial charge is 0.462 e. The van der Waals surface area contributed by atoms with Crippen LogP contribution in [0.4, 0.5) is 0 Å². The summed E-state index contributed by atoms with van der Waals surface area (Å²) in [4.78, 5) is 35.9. The van der Waals surface area contributed by atoms with Crippen molar-refractivity contribution in [1.82, 2.24) is 0 Å². The Morgan fingerprint density at radius 2 is 1.35 bits per heavy atom. The number of fused-ring (bicyclic) bond motifs is 3. The van der Waals surface area contributed by atoms with Crippen molar-refractivity contribution < 1.29 is 38.4 Å². The third kappa shape index (κ3) is 6.72. The maximum Gasteiger partial charge on any atom is 0.333 e. The lowest BCUT2D eigenvalue weighted by atomic mass is 9.82. The summed E-state index contributed by atoms with van der Waals surface area (Å²) >= 11 is 0. The van der Waals surface area contributed by atoms with Gasteiger partial charge >= 0.3 is 17.9 Å². The number of carbonyl (C=O) groups excluding carboxylic acids is 3. The van der Waals surface area contributed by atoms with Gasteiger partial charge < -0.3 is 24.1 Å². The third-order valence-corrected chi connectivity index (χ3v) is 5.97. The average molecular weight is 509 g/mol. The Labute approximate surface area is 216 Å². The van der Waals surface area contributed by atoms with E-state index >= 15 is 0 Å². The number of aliphatic hydroxyl groups is 1. The van der Waals surface area contributed by atoms with Crippen LogP contribution in [-0.2, 0) is 29.3 Å². The van der Waals surface area contributed by atoms with Crippen LogP contribution < -0.4 is 9.47 Å². The molecule has 0 saturated carbocycles. The Morgan fingerprint density at radius 3 is 1.81 bits per heavy atom. The number of carbonyl (C=O) groups is 3. The van der Waals surface area contributed by atoms with Crippen molar-refractivity contribution in [2.75, 3.05) is 13.2 Å². The predicted octanol–water partition coefficient (Wildman–Crippen LogP) is 4.61. The molecule has 1 unspecified atom stereocenters. The first-order chi connectivity index (χ1) is 17.4. The highest BCUT2D eigenvalue weighted by molar-refractivity contribution is 5.87. The highest BCUT2D eigenvalue weighted by Gasteiger charge is 2.36. The van der Waals surface area contributed by atoms with E-state index in [2.05, 4.69) is 13.2 Å². The number of esters is 3. The van der Waals surface area contributed by atoms with Crippen molar-refractivity contribution in [3.63, 3.8) is 0 Å². The van der Waals surface area contributed by atoms with Gasteiger partial charge in [0.15, 0.2) is 6.29 Å². The number of hydrogen-bond donors (Lipinski definition) is 1. The zero-order chi connectivity index (χ0) is 27.3. The smallest absolute Gasteiger partial charge is 0.333 e. The van der Waals surface area contributed by atoms with E-state index < -0.39 is 29.6 Å². The second-order valence-corrected chi connectivity index (χ2v) is 9.47. The van der Waals surface area contributed by atoms with Crippen molar-refractivity contribution in [2.45, 2.75) is 52.2 Å². The molecule has 3 rings (SSSR count). The Hall–Kier alpha value is -3.75. The minimum atomic E-state index is -1.12. The molecule has 0 aromatic heterocycles. The summed E-state index contributed by atoms with van der Waals surface area (Å²) in [5, 5.41) is 9.60. The Bertz CT molecular complexity index is 1240. The minimum absolute atomic E-state index is 0.00651. The van der Waals surface area contributed by atoms with Gasteiger partial charge in [-0.05, 0) is 65.9 Å². The van der Waals surface area contributed by atoms with Gasteiger partial charge in [-0.3, -0.25) is 9.59 Å². The minimum Gasteiger partial charge on any atom is -0.462 e. The highest BCUT2D eigenvalue weighted by atomic mass is 16.6. The van der Waals surface area contributed by atoms with Crippen LogP contribution in [0.3, 0.4) is 0 Å². The standard InChI is InChI=1S/C29H32O8/c1-17(2)27(32)34-13-11-25(30)36-19-7-9-21-22-10-8-20(16-24(22)29(5,6)23(21)15-19)37-26(31)12-14-35-28(33)18(3)4/h7-10,15-16,27,32H,1,3,11-14H2,2,4-6H3. The molecule has 0 amide bonds. The summed E-state index contributed by atoms with van der Waals surface area (Å²) in [6.45, 7) is 14.2. The van der Waals surface area contributed by atoms with Gasteiger partial charge in [-0.2, -0.15) is 0 Å². The van der Waals surface area contributed by atoms with Gasteiger partial charge in [0.05, 0.1) is 19.4 Å². The van der Waals surface area contributed by atoms with Crippen LogP contribution in [0.1, 0.15) is 51.7 Å². The summed E-state index contributed by atoms with van der Waals surface area (Å²) in [7, 11) is 0. The van der Waals surface area contributed by atoms with Crippen LogP contribution in [0, 0.1) is 0 Å². The van der Waals surface area contributed by atoms with Crippen molar-refractivity contribution >= 4 is 17.9 Å². The maximum absolute atomic E-state index is 12.2. The predicted molar refractivity (Wildman–Crippen MR) is 137 cm³/mol. The van der Waals surface area contributed by atoms with E-state index in [1.807, 2.05) is 38.1 Å². The summed E-state index contributed by atoms with van der Waals surface area (Å²) in [5.41, 5.74) is 4.20. The van der Waals surface area contributed by atoms with Gasteiger partial charge in [-0.1, -0.05) is 39.1 Å². The molecule has 196 valence electrons. The van der Waals surface area contributed by atoms with Crippen molar-refractivity contribution in [3.8, 4) is 22.6 Å². The fourth-order valence-electron chi connectivity index (χ4n) is 3.93. The summed E-state index contributed by atoms with van der Waals surface area (Å²) in [6, 6.07) is 10.9. The first-order valence-electron chi connectivity index (χ1n) is 11.9. The second-order valence-electron chi connectivity index (χ2n) is 9.47. The molecule has 0 bridgehead atoms. The molecule has 0 fully saturated rings. The normalized spacial score (nSPS) is 13.6. The second kappa shape index (κ2) is 11.5.